The van der Waals surface area contributed by atoms with Gasteiger partial charge in [-0.05, 0) is 6.92 Å². The highest BCUT2D eigenvalue weighted by atomic mass is 32.3. The predicted octanol–water partition coefficient (Wildman–Crippen LogP) is -0.0749. The first-order chi connectivity index (χ1) is 5.87. The normalized spacial score (nSPS) is 10.9. The van der Waals surface area contributed by atoms with E-state index in [0.717, 1.165) is 0 Å². The van der Waals surface area contributed by atoms with Crippen molar-refractivity contribution >= 4 is 16.4 Å². The van der Waals surface area contributed by atoms with Gasteiger partial charge in [0.05, 0.1) is 12.2 Å². The van der Waals surface area contributed by atoms with Gasteiger partial charge in [-0.15, -0.1) is 0 Å². The smallest absolute Gasteiger partial charge is 0.397 e. The largest absolute Gasteiger partial charge is 0.463 e. The number of rotatable bonds is 5. The van der Waals surface area contributed by atoms with E-state index in [4.69, 9.17) is 4.55 Å². The lowest BCUT2D eigenvalue weighted by molar-refractivity contribution is -0.138. The highest BCUT2D eigenvalue weighted by Gasteiger charge is 2.12. The minimum absolute atomic E-state index is 0.156. The third-order valence-electron chi connectivity index (χ3n) is 0.946. The van der Waals surface area contributed by atoms with Crippen LogP contribution in [0.15, 0.2) is 12.2 Å². The Balaban J connectivity index is 3.96. The van der Waals surface area contributed by atoms with E-state index in [1.807, 2.05) is 0 Å². The van der Waals surface area contributed by atoms with Gasteiger partial charge in [0.15, 0.2) is 0 Å². The Labute approximate surface area is 76.1 Å². The molecule has 0 fully saturated rings. The molecule has 0 amide bonds. The van der Waals surface area contributed by atoms with Gasteiger partial charge in [-0.3, -0.25) is 4.55 Å². The van der Waals surface area contributed by atoms with Crippen molar-refractivity contribution in [3.8, 4) is 0 Å². The van der Waals surface area contributed by atoms with Crippen molar-refractivity contribution in [2.45, 2.75) is 6.92 Å². The molecule has 0 atom stereocenters. The van der Waals surface area contributed by atoms with Gasteiger partial charge in [-0.25, -0.2) is 8.98 Å². The van der Waals surface area contributed by atoms with Crippen molar-refractivity contribution in [2.75, 3.05) is 13.2 Å². The van der Waals surface area contributed by atoms with Crippen LogP contribution in [0.2, 0.25) is 0 Å². The molecule has 0 bridgehead atoms. The van der Waals surface area contributed by atoms with Gasteiger partial charge in [-0.1, -0.05) is 6.58 Å². The number of esters is 1. The van der Waals surface area contributed by atoms with Crippen molar-refractivity contribution in [3.63, 3.8) is 0 Å². The van der Waals surface area contributed by atoms with Crippen LogP contribution in [-0.4, -0.2) is 32.2 Å². The Hall–Kier alpha value is -0.920. The summed E-state index contributed by atoms with van der Waals surface area (Å²) in [5, 5.41) is 0. The molecule has 7 heteroatoms. The second kappa shape index (κ2) is 4.95. The summed E-state index contributed by atoms with van der Waals surface area (Å²) < 4.78 is 36.6. The van der Waals surface area contributed by atoms with Crippen LogP contribution in [0.25, 0.3) is 0 Å². The SMILES string of the molecule is C=C(COS(=O)(=O)O)C(=O)OCC. The molecule has 0 saturated heterocycles. The third-order valence-corrected chi connectivity index (χ3v) is 1.36. The lowest BCUT2D eigenvalue weighted by Gasteiger charge is -2.03. The molecule has 0 aromatic carbocycles. The van der Waals surface area contributed by atoms with E-state index in [9.17, 15) is 13.2 Å². The molecular formula is C6H10O6S. The van der Waals surface area contributed by atoms with Crippen LogP contribution < -0.4 is 0 Å². The van der Waals surface area contributed by atoms with Crippen molar-refractivity contribution in [2.24, 2.45) is 0 Å². The van der Waals surface area contributed by atoms with Crippen LogP contribution in [0.4, 0.5) is 0 Å². The number of carbonyl (C=O) groups is 1. The third kappa shape index (κ3) is 6.26. The molecule has 0 aromatic heterocycles. The number of hydrogen-bond donors (Lipinski definition) is 1. The van der Waals surface area contributed by atoms with Crippen LogP contribution in [0.1, 0.15) is 6.92 Å². The van der Waals surface area contributed by atoms with Crippen molar-refractivity contribution in [1.29, 1.82) is 0 Å². The monoisotopic (exact) mass is 210 g/mol. The maximum absolute atomic E-state index is 10.8. The second-order valence-corrected chi connectivity index (χ2v) is 3.11. The topological polar surface area (TPSA) is 89.9 Å². The standard InChI is InChI=1S/C6H10O6S/c1-3-11-6(7)5(2)4-12-13(8,9)10/h2-4H2,1H3,(H,8,9,10). The molecule has 13 heavy (non-hydrogen) atoms. The van der Waals surface area contributed by atoms with Gasteiger partial charge in [-0.2, -0.15) is 8.42 Å². The summed E-state index contributed by atoms with van der Waals surface area (Å²) in [5.74, 6) is -0.758. The first kappa shape index (κ1) is 12.1. The molecule has 0 aliphatic carbocycles. The lowest BCUT2D eigenvalue weighted by Crippen LogP contribution is -2.14. The summed E-state index contributed by atoms with van der Waals surface area (Å²) in [5.41, 5.74) is -0.181. The van der Waals surface area contributed by atoms with Crippen molar-refractivity contribution < 1.29 is 26.7 Å². The molecule has 1 N–H and O–H groups in total. The Morgan fingerprint density at radius 1 is 1.54 bits per heavy atom. The molecule has 0 unspecified atom stereocenters. The average Bonchev–Trinajstić information content (AvgIpc) is 1.99. The molecule has 0 rings (SSSR count). The molecular weight excluding hydrogens is 200 g/mol. The fraction of sp³-hybridized carbons (Fsp3) is 0.500. The van der Waals surface area contributed by atoms with Gasteiger partial charge in [0.2, 0.25) is 0 Å². The highest BCUT2D eigenvalue weighted by molar-refractivity contribution is 7.80. The molecule has 0 radical (unpaired) electrons. The van der Waals surface area contributed by atoms with Crippen LogP contribution in [0.3, 0.4) is 0 Å². The Morgan fingerprint density at radius 3 is 2.46 bits per heavy atom. The minimum atomic E-state index is -4.54. The Bertz CT molecular complexity index is 290. The maximum atomic E-state index is 10.8. The van der Waals surface area contributed by atoms with E-state index in [2.05, 4.69) is 15.5 Å². The van der Waals surface area contributed by atoms with Crippen LogP contribution in [0, 0.1) is 0 Å². The van der Waals surface area contributed by atoms with Crippen molar-refractivity contribution in [1.82, 2.24) is 0 Å². The minimum Gasteiger partial charge on any atom is -0.463 e. The number of carbonyl (C=O) groups excluding carboxylic acids is 1. The van der Waals surface area contributed by atoms with Gasteiger partial charge in [0, 0.05) is 0 Å². The molecule has 0 aromatic rings. The lowest BCUT2D eigenvalue weighted by atomic mass is 10.3. The summed E-state index contributed by atoms with van der Waals surface area (Å²) in [4.78, 5) is 10.8. The van der Waals surface area contributed by atoms with Crippen LogP contribution >= 0.6 is 0 Å². The van der Waals surface area contributed by atoms with E-state index >= 15 is 0 Å². The molecule has 76 valence electrons. The second-order valence-electron chi connectivity index (χ2n) is 2.01. The van der Waals surface area contributed by atoms with Crippen LogP contribution in [0.5, 0.6) is 0 Å². The van der Waals surface area contributed by atoms with Crippen molar-refractivity contribution in [3.05, 3.63) is 12.2 Å². The summed E-state index contributed by atoms with van der Waals surface area (Å²) in [6.45, 7) is 4.34. The van der Waals surface area contributed by atoms with Gasteiger partial charge in [0.25, 0.3) is 0 Å². The summed E-state index contributed by atoms with van der Waals surface area (Å²) in [7, 11) is -4.54. The summed E-state index contributed by atoms with van der Waals surface area (Å²) >= 11 is 0. The first-order valence-corrected chi connectivity index (χ1v) is 4.70. The zero-order valence-corrected chi connectivity index (χ0v) is 7.83. The highest BCUT2D eigenvalue weighted by Crippen LogP contribution is 1.98. The molecule has 0 saturated carbocycles. The van der Waals surface area contributed by atoms with Gasteiger partial charge in [0.1, 0.15) is 6.61 Å². The summed E-state index contributed by atoms with van der Waals surface area (Å²) in [6.07, 6.45) is 0. The van der Waals surface area contributed by atoms with E-state index in [0.29, 0.717) is 0 Å². The zero-order chi connectivity index (χ0) is 10.5. The molecule has 0 aliphatic rings. The molecule has 0 spiro atoms. The average molecular weight is 210 g/mol. The van der Waals surface area contributed by atoms with E-state index in [-0.39, 0.29) is 12.2 Å². The Morgan fingerprint density at radius 2 is 2.08 bits per heavy atom. The number of hydrogen-bond acceptors (Lipinski definition) is 5. The van der Waals surface area contributed by atoms with E-state index in [1.54, 1.807) is 6.92 Å². The Kier molecular flexibility index (Phi) is 4.60. The zero-order valence-electron chi connectivity index (χ0n) is 7.02. The summed E-state index contributed by atoms with van der Waals surface area (Å²) in [6, 6.07) is 0. The predicted molar refractivity (Wildman–Crippen MR) is 43.3 cm³/mol. The fourth-order valence-corrected chi connectivity index (χ4v) is 0.729. The van der Waals surface area contributed by atoms with Gasteiger partial charge >= 0.3 is 16.4 Å². The quantitative estimate of drug-likeness (QED) is 0.388. The molecule has 0 heterocycles. The van der Waals surface area contributed by atoms with E-state index < -0.39 is 23.0 Å². The van der Waals surface area contributed by atoms with Gasteiger partial charge < -0.3 is 4.74 Å². The van der Waals surface area contributed by atoms with Crippen LogP contribution in [-0.2, 0) is 24.1 Å². The van der Waals surface area contributed by atoms with E-state index in [1.165, 1.54) is 0 Å². The molecule has 0 aliphatic heterocycles. The fourth-order valence-electron chi connectivity index (χ4n) is 0.438. The first-order valence-electron chi connectivity index (χ1n) is 3.33. The molecule has 6 nitrogen and oxygen atoms in total. The number of ether oxygens (including phenoxy) is 1. The maximum Gasteiger partial charge on any atom is 0.397 e.